The molecule has 1 fully saturated rings. The molecule has 0 aliphatic carbocycles. The summed E-state index contributed by atoms with van der Waals surface area (Å²) in [4.78, 5) is 25.6. The van der Waals surface area contributed by atoms with Crippen LogP contribution in [0.3, 0.4) is 0 Å². The van der Waals surface area contributed by atoms with Gasteiger partial charge in [0.2, 0.25) is 5.91 Å². The Bertz CT molecular complexity index is 510. The Morgan fingerprint density at radius 2 is 1.95 bits per heavy atom. The number of rotatable bonds is 7. The summed E-state index contributed by atoms with van der Waals surface area (Å²) in [6.45, 7) is 5.72. The maximum Gasteiger partial charge on any atom is 0.251 e. The third kappa shape index (κ3) is 5.48. The van der Waals surface area contributed by atoms with Crippen LogP contribution >= 0.6 is 0 Å². The molecule has 5 heteroatoms. The van der Waals surface area contributed by atoms with Crippen molar-refractivity contribution >= 4 is 17.5 Å². The van der Waals surface area contributed by atoms with Crippen LogP contribution in [0.2, 0.25) is 0 Å². The lowest BCUT2D eigenvalue weighted by atomic mass is 10.2. The molecule has 0 unspecified atom stereocenters. The standard InChI is InChI=1S/C17H25N3O2/c1-14(21)19-16-8-6-7-15(13-16)17(22)18-9-2-3-10-20-11-4-5-12-20/h6-8,13H,2-5,9-12H2,1H3,(H,18,22)(H,19,21). The van der Waals surface area contributed by atoms with Crippen molar-refractivity contribution in [1.29, 1.82) is 0 Å². The fourth-order valence-corrected chi connectivity index (χ4v) is 2.71. The van der Waals surface area contributed by atoms with Crippen LogP contribution in [0, 0.1) is 0 Å². The van der Waals surface area contributed by atoms with E-state index in [9.17, 15) is 9.59 Å². The zero-order valence-corrected chi connectivity index (χ0v) is 13.2. The molecule has 1 aliphatic rings. The summed E-state index contributed by atoms with van der Waals surface area (Å²) in [7, 11) is 0. The van der Waals surface area contributed by atoms with Crippen LogP contribution in [-0.2, 0) is 4.79 Å². The van der Waals surface area contributed by atoms with Gasteiger partial charge < -0.3 is 15.5 Å². The minimum absolute atomic E-state index is 0.0895. The third-order valence-corrected chi connectivity index (χ3v) is 3.83. The van der Waals surface area contributed by atoms with Gasteiger partial charge >= 0.3 is 0 Å². The number of anilines is 1. The molecule has 0 atom stereocenters. The van der Waals surface area contributed by atoms with E-state index >= 15 is 0 Å². The maximum atomic E-state index is 12.1. The summed E-state index contributed by atoms with van der Waals surface area (Å²) in [6, 6.07) is 6.99. The highest BCUT2D eigenvalue weighted by atomic mass is 16.2. The molecule has 5 nitrogen and oxygen atoms in total. The zero-order chi connectivity index (χ0) is 15.8. The predicted molar refractivity (Wildman–Crippen MR) is 88.0 cm³/mol. The monoisotopic (exact) mass is 303 g/mol. The van der Waals surface area contributed by atoms with Gasteiger partial charge in [0.15, 0.2) is 0 Å². The molecule has 2 amide bonds. The van der Waals surface area contributed by atoms with Gasteiger partial charge in [0.25, 0.3) is 5.91 Å². The summed E-state index contributed by atoms with van der Waals surface area (Å²) in [5.74, 6) is -0.229. The molecule has 1 aromatic rings. The van der Waals surface area contributed by atoms with Crippen molar-refractivity contribution in [2.75, 3.05) is 31.5 Å². The number of hydrogen-bond donors (Lipinski definition) is 2. The number of unbranched alkanes of at least 4 members (excludes halogenated alkanes) is 1. The van der Waals surface area contributed by atoms with Crippen LogP contribution in [0.1, 0.15) is 43.0 Å². The van der Waals surface area contributed by atoms with Crippen molar-refractivity contribution in [3.05, 3.63) is 29.8 Å². The molecule has 0 radical (unpaired) electrons. The molecule has 1 heterocycles. The molecule has 1 aliphatic heterocycles. The zero-order valence-electron chi connectivity index (χ0n) is 13.2. The second-order valence-electron chi connectivity index (χ2n) is 5.77. The Morgan fingerprint density at radius 3 is 2.68 bits per heavy atom. The van der Waals surface area contributed by atoms with E-state index in [0.717, 1.165) is 19.4 Å². The van der Waals surface area contributed by atoms with Crippen molar-refractivity contribution < 1.29 is 9.59 Å². The van der Waals surface area contributed by atoms with Crippen LogP contribution in [0.25, 0.3) is 0 Å². The van der Waals surface area contributed by atoms with E-state index in [-0.39, 0.29) is 11.8 Å². The largest absolute Gasteiger partial charge is 0.352 e. The highest BCUT2D eigenvalue weighted by Gasteiger charge is 2.10. The Hall–Kier alpha value is -1.88. The Morgan fingerprint density at radius 1 is 1.18 bits per heavy atom. The number of nitrogens with one attached hydrogen (secondary N) is 2. The molecular weight excluding hydrogens is 278 g/mol. The highest BCUT2D eigenvalue weighted by molar-refractivity contribution is 5.96. The van der Waals surface area contributed by atoms with Gasteiger partial charge in [-0.25, -0.2) is 0 Å². The van der Waals surface area contributed by atoms with Crippen LogP contribution in [0.15, 0.2) is 24.3 Å². The van der Waals surface area contributed by atoms with Crippen LogP contribution < -0.4 is 10.6 Å². The average molecular weight is 303 g/mol. The van der Waals surface area contributed by atoms with E-state index in [4.69, 9.17) is 0 Å². The smallest absolute Gasteiger partial charge is 0.251 e. The molecule has 0 bridgehead atoms. The van der Waals surface area contributed by atoms with Gasteiger partial charge in [0.1, 0.15) is 0 Å². The lowest BCUT2D eigenvalue weighted by Gasteiger charge is -2.14. The first-order valence-corrected chi connectivity index (χ1v) is 8.03. The predicted octanol–water partition coefficient (Wildman–Crippen LogP) is 2.25. The lowest BCUT2D eigenvalue weighted by molar-refractivity contribution is -0.114. The minimum atomic E-state index is -0.139. The number of carbonyl (C=O) groups is 2. The van der Waals surface area contributed by atoms with Gasteiger partial charge in [0, 0.05) is 24.7 Å². The second kappa shape index (κ2) is 8.54. The van der Waals surface area contributed by atoms with Gasteiger partial charge in [-0.1, -0.05) is 6.07 Å². The average Bonchev–Trinajstić information content (AvgIpc) is 2.99. The van der Waals surface area contributed by atoms with Crippen LogP contribution in [0.5, 0.6) is 0 Å². The van der Waals surface area contributed by atoms with E-state index < -0.39 is 0 Å². The molecule has 0 aromatic heterocycles. The second-order valence-corrected chi connectivity index (χ2v) is 5.77. The molecule has 22 heavy (non-hydrogen) atoms. The van der Waals surface area contributed by atoms with Crippen molar-refractivity contribution in [2.24, 2.45) is 0 Å². The van der Waals surface area contributed by atoms with Crippen LogP contribution in [0.4, 0.5) is 5.69 Å². The molecule has 0 spiro atoms. The number of nitrogens with zero attached hydrogens (tertiary/aromatic N) is 1. The summed E-state index contributed by atoms with van der Waals surface area (Å²) < 4.78 is 0. The first-order chi connectivity index (χ1) is 10.6. The molecule has 2 rings (SSSR count). The molecule has 120 valence electrons. The van der Waals surface area contributed by atoms with E-state index in [2.05, 4.69) is 15.5 Å². The van der Waals surface area contributed by atoms with Gasteiger partial charge in [-0.3, -0.25) is 9.59 Å². The lowest BCUT2D eigenvalue weighted by Crippen LogP contribution is -2.26. The summed E-state index contributed by atoms with van der Waals surface area (Å²) >= 11 is 0. The van der Waals surface area contributed by atoms with E-state index in [1.54, 1.807) is 24.3 Å². The highest BCUT2D eigenvalue weighted by Crippen LogP contribution is 2.11. The first-order valence-electron chi connectivity index (χ1n) is 8.03. The Kier molecular flexibility index (Phi) is 6.40. The molecule has 0 saturated carbocycles. The number of benzene rings is 1. The van der Waals surface area contributed by atoms with E-state index in [1.165, 1.54) is 32.9 Å². The SMILES string of the molecule is CC(=O)Nc1cccc(C(=O)NCCCCN2CCCC2)c1. The fraction of sp³-hybridized carbons (Fsp3) is 0.529. The molecule has 2 N–H and O–H groups in total. The Balaban J connectivity index is 1.69. The van der Waals surface area contributed by atoms with Gasteiger partial charge in [0.05, 0.1) is 0 Å². The van der Waals surface area contributed by atoms with E-state index in [1.807, 2.05) is 0 Å². The van der Waals surface area contributed by atoms with E-state index in [0.29, 0.717) is 17.8 Å². The fourth-order valence-electron chi connectivity index (χ4n) is 2.71. The maximum absolute atomic E-state index is 12.1. The van der Waals surface area contributed by atoms with Crippen molar-refractivity contribution in [3.63, 3.8) is 0 Å². The van der Waals surface area contributed by atoms with Gasteiger partial charge in [-0.05, 0) is 63.5 Å². The first kappa shape index (κ1) is 16.5. The molecule has 1 saturated heterocycles. The van der Waals surface area contributed by atoms with Gasteiger partial charge in [-0.2, -0.15) is 0 Å². The minimum Gasteiger partial charge on any atom is -0.352 e. The molecule has 1 aromatic carbocycles. The number of carbonyl (C=O) groups excluding carboxylic acids is 2. The topological polar surface area (TPSA) is 61.4 Å². The third-order valence-electron chi connectivity index (χ3n) is 3.83. The number of likely N-dealkylation sites (tertiary alicyclic amines) is 1. The quantitative estimate of drug-likeness (QED) is 0.760. The van der Waals surface area contributed by atoms with Crippen molar-refractivity contribution in [3.8, 4) is 0 Å². The summed E-state index contributed by atoms with van der Waals surface area (Å²) in [5, 5.41) is 5.62. The number of amides is 2. The normalized spacial score (nSPS) is 14.8. The number of hydrogen-bond acceptors (Lipinski definition) is 3. The van der Waals surface area contributed by atoms with Crippen LogP contribution in [-0.4, -0.2) is 42.9 Å². The summed E-state index contributed by atoms with van der Waals surface area (Å²) in [6.07, 6.45) is 4.75. The van der Waals surface area contributed by atoms with Gasteiger partial charge in [-0.15, -0.1) is 0 Å². The van der Waals surface area contributed by atoms with Crippen molar-refractivity contribution in [1.82, 2.24) is 10.2 Å². The molecular formula is C17H25N3O2. The Labute approximate surface area is 132 Å². The summed E-state index contributed by atoms with van der Waals surface area (Å²) in [5.41, 5.74) is 1.22. The van der Waals surface area contributed by atoms with Crippen molar-refractivity contribution in [2.45, 2.75) is 32.6 Å².